The van der Waals surface area contributed by atoms with Crippen molar-refractivity contribution in [3.63, 3.8) is 0 Å². The van der Waals surface area contributed by atoms with E-state index in [0.717, 1.165) is 11.1 Å². The van der Waals surface area contributed by atoms with Gasteiger partial charge in [0.25, 0.3) is 5.91 Å². The highest BCUT2D eigenvalue weighted by Gasteiger charge is 2.06. The molecule has 0 spiro atoms. The number of nitrogens with one attached hydrogen (secondary N) is 1. The Balaban J connectivity index is 1.50. The Labute approximate surface area is 144 Å². The molecule has 2 aromatic heterocycles. The van der Waals surface area contributed by atoms with Gasteiger partial charge in [-0.25, -0.2) is 4.98 Å². The normalized spacial score (nSPS) is 10.4. The molecule has 0 atom stereocenters. The second-order valence-corrected chi connectivity index (χ2v) is 5.37. The molecular weight excluding hydrogens is 320 g/mol. The third-order valence-electron chi connectivity index (χ3n) is 3.47. The Hall–Kier alpha value is -3.35. The van der Waals surface area contributed by atoms with Gasteiger partial charge in [-0.1, -0.05) is 0 Å². The lowest BCUT2D eigenvalue weighted by molar-refractivity contribution is 0.0946. The topological polar surface area (TPSA) is 89.3 Å². The summed E-state index contributed by atoms with van der Waals surface area (Å²) in [6.45, 7) is 0.665. The van der Waals surface area contributed by atoms with Gasteiger partial charge in [0.2, 0.25) is 5.88 Å². The van der Waals surface area contributed by atoms with Crippen molar-refractivity contribution >= 4 is 5.91 Å². The first-order valence-electron chi connectivity index (χ1n) is 7.68. The smallest absolute Gasteiger partial charge is 0.252 e. The Morgan fingerprint density at radius 1 is 1.32 bits per heavy atom. The van der Waals surface area contributed by atoms with E-state index in [2.05, 4.69) is 21.5 Å². The molecule has 1 aromatic carbocycles. The zero-order valence-corrected chi connectivity index (χ0v) is 13.6. The summed E-state index contributed by atoms with van der Waals surface area (Å²) in [5.74, 6) is 0.276. The quantitative estimate of drug-likeness (QED) is 0.670. The molecule has 2 heterocycles. The maximum absolute atomic E-state index is 11.9. The van der Waals surface area contributed by atoms with E-state index in [1.165, 1.54) is 18.3 Å². The summed E-state index contributed by atoms with van der Waals surface area (Å²) in [7, 11) is 1.86. The molecule has 7 heteroatoms. The number of aryl methyl sites for hydroxylation is 1. The molecule has 3 rings (SSSR count). The maximum atomic E-state index is 11.9. The van der Waals surface area contributed by atoms with Crippen molar-refractivity contribution in [2.45, 2.75) is 0 Å². The highest BCUT2D eigenvalue weighted by atomic mass is 16.5. The van der Waals surface area contributed by atoms with Crippen molar-refractivity contribution in [1.29, 1.82) is 0 Å². The SMILES string of the molecule is Cn1cc(-c2c[c]cc(OCCNC(=O)c3ccc(O)nc3)c2)cn1. The van der Waals surface area contributed by atoms with E-state index in [-0.39, 0.29) is 11.8 Å². The standard InChI is InChI=1S/C18H17N4O3/c1-22-12-15(11-21-22)13-3-2-4-16(9-13)25-8-7-19-18(24)14-5-6-17(23)20-10-14/h3-6,9-12H,7-8H2,1H3,(H,19,24)(H,20,23). The minimum Gasteiger partial charge on any atom is -0.493 e. The number of ether oxygens (including phenoxy) is 1. The summed E-state index contributed by atoms with van der Waals surface area (Å²) in [6, 6.07) is 11.4. The van der Waals surface area contributed by atoms with Crippen LogP contribution in [0.2, 0.25) is 0 Å². The van der Waals surface area contributed by atoms with Crippen LogP contribution in [0.5, 0.6) is 11.6 Å². The first-order chi connectivity index (χ1) is 12.1. The number of aromatic nitrogens is 3. The Kier molecular flexibility index (Phi) is 4.94. The van der Waals surface area contributed by atoms with Crippen LogP contribution < -0.4 is 10.1 Å². The Bertz CT molecular complexity index is 859. The van der Waals surface area contributed by atoms with Gasteiger partial charge in [-0.3, -0.25) is 9.48 Å². The van der Waals surface area contributed by atoms with Crippen molar-refractivity contribution in [3.05, 3.63) is 60.6 Å². The second kappa shape index (κ2) is 7.48. The second-order valence-electron chi connectivity index (χ2n) is 5.37. The van der Waals surface area contributed by atoms with Crippen LogP contribution in [-0.2, 0) is 7.05 Å². The largest absolute Gasteiger partial charge is 0.493 e. The molecule has 2 N–H and O–H groups in total. The van der Waals surface area contributed by atoms with Crippen LogP contribution in [0.25, 0.3) is 11.1 Å². The maximum Gasteiger partial charge on any atom is 0.252 e. The molecule has 0 aliphatic heterocycles. The highest BCUT2D eigenvalue weighted by Crippen LogP contribution is 2.22. The third kappa shape index (κ3) is 4.35. The molecule has 0 saturated carbocycles. The van der Waals surface area contributed by atoms with Gasteiger partial charge in [0.15, 0.2) is 0 Å². The van der Waals surface area contributed by atoms with E-state index in [9.17, 15) is 4.79 Å². The summed E-state index contributed by atoms with van der Waals surface area (Å²) >= 11 is 0. The van der Waals surface area contributed by atoms with E-state index >= 15 is 0 Å². The van der Waals surface area contributed by atoms with Gasteiger partial charge in [-0.15, -0.1) is 0 Å². The first kappa shape index (κ1) is 16.5. The molecule has 3 aromatic rings. The van der Waals surface area contributed by atoms with Crippen molar-refractivity contribution in [2.24, 2.45) is 7.05 Å². The van der Waals surface area contributed by atoms with Crippen molar-refractivity contribution in [3.8, 4) is 22.8 Å². The van der Waals surface area contributed by atoms with Crippen LogP contribution in [0, 0.1) is 6.07 Å². The summed E-state index contributed by atoms with van der Waals surface area (Å²) in [5.41, 5.74) is 2.33. The molecule has 0 saturated heterocycles. The fourth-order valence-electron chi connectivity index (χ4n) is 2.23. The number of benzene rings is 1. The van der Waals surface area contributed by atoms with E-state index in [1.807, 2.05) is 25.4 Å². The zero-order valence-electron chi connectivity index (χ0n) is 13.6. The molecule has 0 aliphatic carbocycles. The molecular formula is C18H17N4O3. The fourth-order valence-corrected chi connectivity index (χ4v) is 2.23. The fraction of sp³-hybridized carbons (Fsp3) is 0.167. The first-order valence-corrected chi connectivity index (χ1v) is 7.68. The van der Waals surface area contributed by atoms with Gasteiger partial charge >= 0.3 is 0 Å². The molecule has 0 aliphatic rings. The lowest BCUT2D eigenvalue weighted by atomic mass is 10.1. The summed E-state index contributed by atoms with van der Waals surface area (Å²) < 4.78 is 7.38. The predicted molar refractivity (Wildman–Crippen MR) is 91.2 cm³/mol. The number of carbonyl (C=O) groups is 1. The summed E-state index contributed by atoms with van der Waals surface area (Å²) in [6.07, 6.45) is 5.01. The van der Waals surface area contributed by atoms with E-state index in [4.69, 9.17) is 9.84 Å². The van der Waals surface area contributed by atoms with Gasteiger partial charge < -0.3 is 15.2 Å². The molecule has 0 fully saturated rings. The number of hydrogen-bond acceptors (Lipinski definition) is 5. The minimum atomic E-state index is -0.272. The Morgan fingerprint density at radius 2 is 2.20 bits per heavy atom. The van der Waals surface area contributed by atoms with Gasteiger partial charge in [-0.2, -0.15) is 5.10 Å². The van der Waals surface area contributed by atoms with Gasteiger partial charge in [0.05, 0.1) is 18.3 Å². The van der Waals surface area contributed by atoms with Crippen LogP contribution in [0.4, 0.5) is 0 Å². The molecule has 1 radical (unpaired) electrons. The van der Waals surface area contributed by atoms with Crippen LogP contribution >= 0.6 is 0 Å². The number of nitrogens with zero attached hydrogens (tertiary/aromatic N) is 3. The highest BCUT2D eigenvalue weighted by molar-refractivity contribution is 5.93. The number of hydrogen-bond donors (Lipinski definition) is 2. The molecule has 7 nitrogen and oxygen atoms in total. The Morgan fingerprint density at radius 3 is 2.92 bits per heavy atom. The van der Waals surface area contributed by atoms with E-state index in [0.29, 0.717) is 24.5 Å². The number of carbonyl (C=O) groups excluding carboxylic acids is 1. The molecule has 127 valence electrons. The van der Waals surface area contributed by atoms with Gasteiger partial charge in [-0.05, 0) is 35.9 Å². The van der Waals surface area contributed by atoms with Crippen molar-refractivity contribution in [1.82, 2.24) is 20.1 Å². The number of rotatable bonds is 6. The lowest BCUT2D eigenvalue weighted by Gasteiger charge is -2.08. The van der Waals surface area contributed by atoms with E-state index in [1.54, 1.807) is 16.9 Å². The van der Waals surface area contributed by atoms with Crippen molar-refractivity contribution in [2.75, 3.05) is 13.2 Å². The average molecular weight is 337 g/mol. The number of amides is 1. The number of pyridine rings is 1. The molecule has 1 amide bonds. The molecule has 0 bridgehead atoms. The van der Waals surface area contributed by atoms with Crippen LogP contribution in [0.3, 0.4) is 0 Å². The monoisotopic (exact) mass is 337 g/mol. The van der Waals surface area contributed by atoms with Crippen LogP contribution in [-0.4, -0.2) is 38.9 Å². The summed E-state index contributed by atoms with van der Waals surface area (Å²) in [5, 5.41) is 16.0. The minimum absolute atomic E-state index is 0.121. The average Bonchev–Trinajstić information content (AvgIpc) is 3.06. The van der Waals surface area contributed by atoms with E-state index < -0.39 is 0 Å². The van der Waals surface area contributed by atoms with Crippen molar-refractivity contribution < 1.29 is 14.6 Å². The summed E-state index contributed by atoms with van der Waals surface area (Å²) in [4.78, 5) is 15.6. The van der Waals surface area contributed by atoms with Gasteiger partial charge in [0.1, 0.15) is 12.4 Å². The number of aromatic hydroxyl groups is 1. The molecule has 0 unspecified atom stereocenters. The zero-order chi connectivity index (χ0) is 17.6. The predicted octanol–water partition coefficient (Wildman–Crippen LogP) is 1.80. The van der Waals surface area contributed by atoms with Gasteiger partial charge in [0, 0.05) is 31.1 Å². The lowest BCUT2D eigenvalue weighted by Crippen LogP contribution is -2.28. The van der Waals surface area contributed by atoms with Crippen LogP contribution in [0.15, 0.2) is 48.9 Å². The van der Waals surface area contributed by atoms with Crippen LogP contribution in [0.1, 0.15) is 10.4 Å². The third-order valence-corrected chi connectivity index (χ3v) is 3.47. The molecule has 25 heavy (non-hydrogen) atoms.